The first-order chi connectivity index (χ1) is 8.73. The first kappa shape index (κ1) is 11.4. The van der Waals surface area contributed by atoms with Crippen molar-refractivity contribution in [2.45, 2.75) is 24.7 Å². The van der Waals surface area contributed by atoms with E-state index in [0.29, 0.717) is 0 Å². The van der Waals surface area contributed by atoms with Crippen LogP contribution in [0.3, 0.4) is 0 Å². The zero-order valence-electron chi connectivity index (χ0n) is 9.99. The molecule has 18 heavy (non-hydrogen) atoms. The van der Waals surface area contributed by atoms with E-state index in [2.05, 4.69) is 9.97 Å². The fourth-order valence-electron chi connectivity index (χ4n) is 2.47. The second kappa shape index (κ2) is 4.21. The first-order valence-electron chi connectivity index (χ1n) is 6.16. The fraction of sp³-hybridized carbons (Fsp3) is 0.357. The SMILES string of the molecule is OCC1(c2ncc(-c3cccc(F)c3)[nH]2)CCC1. The van der Waals surface area contributed by atoms with E-state index < -0.39 is 0 Å². The van der Waals surface area contributed by atoms with Gasteiger partial charge >= 0.3 is 0 Å². The van der Waals surface area contributed by atoms with Crippen LogP contribution in [0.5, 0.6) is 0 Å². The second-order valence-electron chi connectivity index (χ2n) is 4.95. The van der Waals surface area contributed by atoms with Gasteiger partial charge in [0.1, 0.15) is 11.6 Å². The predicted octanol–water partition coefficient (Wildman–Crippen LogP) is 2.63. The molecule has 1 saturated carbocycles. The molecule has 1 aliphatic rings. The first-order valence-corrected chi connectivity index (χ1v) is 6.16. The minimum atomic E-state index is -0.260. The average Bonchev–Trinajstić information content (AvgIpc) is 2.78. The van der Waals surface area contributed by atoms with Crippen molar-refractivity contribution in [1.29, 1.82) is 0 Å². The molecule has 2 N–H and O–H groups in total. The predicted molar refractivity (Wildman–Crippen MR) is 66.6 cm³/mol. The Balaban J connectivity index is 1.94. The number of benzene rings is 1. The molecule has 94 valence electrons. The minimum Gasteiger partial charge on any atom is -0.395 e. The molecule has 1 aliphatic carbocycles. The summed E-state index contributed by atoms with van der Waals surface area (Å²) in [6.07, 6.45) is 4.75. The van der Waals surface area contributed by atoms with Crippen molar-refractivity contribution in [3.63, 3.8) is 0 Å². The van der Waals surface area contributed by atoms with E-state index in [9.17, 15) is 9.50 Å². The van der Waals surface area contributed by atoms with Crippen molar-refractivity contribution in [2.75, 3.05) is 6.61 Å². The molecule has 3 nitrogen and oxygen atoms in total. The lowest BCUT2D eigenvalue weighted by Gasteiger charge is -2.38. The molecule has 1 aromatic carbocycles. The van der Waals surface area contributed by atoms with Gasteiger partial charge in [-0.3, -0.25) is 0 Å². The summed E-state index contributed by atoms with van der Waals surface area (Å²) in [6.45, 7) is 0.114. The third kappa shape index (κ3) is 1.73. The van der Waals surface area contributed by atoms with Gasteiger partial charge in [0.25, 0.3) is 0 Å². The molecule has 0 bridgehead atoms. The van der Waals surface area contributed by atoms with Crippen LogP contribution in [0.1, 0.15) is 25.1 Å². The number of aliphatic hydroxyl groups is 1. The van der Waals surface area contributed by atoms with Gasteiger partial charge in [-0.25, -0.2) is 9.37 Å². The topological polar surface area (TPSA) is 48.9 Å². The number of halogens is 1. The largest absolute Gasteiger partial charge is 0.395 e. The Morgan fingerprint density at radius 2 is 2.22 bits per heavy atom. The van der Waals surface area contributed by atoms with Crippen molar-refractivity contribution in [3.05, 3.63) is 42.1 Å². The van der Waals surface area contributed by atoms with E-state index in [4.69, 9.17) is 0 Å². The number of aromatic nitrogens is 2. The van der Waals surface area contributed by atoms with Gasteiger partial charge in [0, 0.05) is 5.56 Å². The monoisotopic (exact) mass is 246 g/mol. The van der Waals surface area contributed by atoms with Crippen LogP contribution in [0.25, 0.3) is 11.3 Å². The Morgan fingerprint density at radius 1 is 1.39 bits per heavy atom. The number of nitrogens with one attached hydrogen (secondary N) is 1. The molecule has 1 aromatic heterocycles. The van der Waals surface area contributed by atoms with Gasteiger partial charge in [0.05, 0.1) is 23.9 Å². The van der Waals surface area contributed by atoms with Gasteiger partial charge in [-0.2, -0.15) is 0 Å². The van der Waals surface area contributed by atoms with Crippen LogP contribution in [0.2, 0.25) is 0 Å². The molecule has 1 fully saturated rings. The number of H-pyrrole nitrogens is 1. The molecule has 0 atom stereocenters. The molecule has 0 radical (unpaired) electrons. The number of aromatic amines is 1. The lowest BCUT2D eigenvalue weighted by atomic mass is 9.69. The Kier molecular flexibility index (Phi) is 2.67. The quantitative estimate of drug-likeness (QED) is 0.874. The summed E-state index contributed by atoms with van der Waals surface area (Å²) in [5.41, 5.74) is 1.37. The molecule has 0 unspecified atom stereocenters. The normalized spacial score (nSPS) is 17.4. The highest BCUT2D eigenvalue weighted by molar-refractivity contribution is 5.58. The highest BCUT2D eigenvalue weighted by Crippen LogP contribution is 2.42. The highest BCUT2D eigenvalue weighted by Gasteiger charge is 2.40. The van der Waals surface area contributed by atoms with E-state index in [-0.39, 0.29) is 17.8 Å². The third-order valence-electron chi connectivity index (χ3n) is 3.83. The third-order valence-corrected chi connectivity index (χ3v) is 3.83. The zero-order valence-corrected chi connectivity index (χ0v) is 9.99. The Morgan fingerprint density at radius 3 is 2.83 bits per heavy atom. The number of rotatable bonds is 3. The number of hydrogen-bond acceptors (Lipinski definition) is 2. The number of hydrogen-bond donors (Lipinski definition) is 2. The van der Waals surface area contributed by atoms with Crippen molar-refractivity contribution < 1.29 is 9.50 Å². The fourth-order valence-corrected chi connectivity index (χ4v) is 2.47. The lowest BCUT2D eigenvalue weighted by molar-refractivity contribution is 0.113. The number of nitrogens with zero attached hydrogens (tertiary/aromatic N) is 1. The molecule has 1 heterocycles. The summed E-state index contributed by atoms with van der Waals surface area (Å²) in [7, 11) is 0. The van der Waals surface area contributed by atoms with Crippen LogP contribution in [0.15, 0.2) is 30.5 Å². The van der Waals surface area contributed by atoms with Gasteiger partial charge in [0.2, 0.25) is 0 Å². The molecule has 0 amide bonds. The van der Waals surface area contributed by atoms with Gasteiger partial charge in [-0.1, -0.05) is 18.6 Å². The second-order valence-corrected chi connectivity index (χ2v) is 4.95. The maximum absolute atomic E-state index is 13.2. The Hall–Kier alpha value is -1.68. The zero-order chi connectivity index (χ0) is 12.6. The molecule has 2 aromatic rings. The maximum atomic E-state index is 13.2. The highest BCUT2D eigenvalue weighted by atomic mass is 19.1. The van der Waals surface area contributed by atoms with E-state index in [0.717, 1.165) is 36.3 Å². The van der Waals surface area contributed by atoms with Crippen LogP contribution in [0, 0.1) is 5.82 Å². The molecule has 0 spiro atoms. The van der Waals surface area contributed by atoms with E-state index in [1.807, 2.05) is 6.07 Å². The summed E-state index contributed by atoms with van der Waals surface area (Å²) in [6, 6.07) is 6.41. The van der Waals surface area contributed by atoms with Crippen LogP contribution >= 0.6 is 0 Å². The number of imidazole rings is 1. The van der Waals surface area contributed by atoms with Crippen LogP contribution in [-0.2, 0) is 5.41 Å². The van der Waals surface area contributed by atoms with Crippen LogP contribution < -0.4 is 0 Å². The smallest absolute Gasteiger partial charge is 0.123 e. The Bertz CT molecular complexity index is 555. The summed E-state index contributed by atoms with van der Waals surface area (Å²) < 4.78 is 13.2. The van der Waals surface area contributed by atoms with E-state index in [1.54, 1.807) is 12.3 Å². The van der Waals surface area contributed by atoms with Crippen LogP contribution in [-0.4, -0.2) is 21.7 Å². The summed E-state index contributed by atoms with van der Waals surface area (Å²) in [5, 5.41) is 9.49. The maximum Gasteiger partial charge on any atom is 0.123 e. The molecule has 3 rings (SSSR count). The van der Waals surface area contributed by atoms with Crippen LogP contribution in [0.4, 0.5) is 4.39 Å². The van der Waals surface area contributed by atoms with Crippen molar-refractivity contribution >= 4 is 0 Å². The van der Waals surface area contributed by atoms with Gasteiger partial charge in [0.15, 0.2) is 0 Å². The number of aliphatic hydroxyl groups excluding tert-OH is 1. The Labute approximate surface area is 105 Å². The minimum absolute atomic E-state index is 0.114. The summed E-state index contributed by atoms with van der Waals surface area (Å²) >= 11 is 0. The molecule has 4 heteroatoms. The molecular weight excluding hydrogens is 231 g/mol. The molecular formula is C14H15FN2O. The molecule has 0 aliphatic heterocycles. The summed E-state index contributed by atoms with van der Waals surface area (Å²) in [4.78, 5) is 7.56. The van der Waals surface area contributed by atoms with E-state index in [1.165, 1.54) is 12.1 Å². The van der Waals surface area contributed by atoms with Crippen molar-refractivity contribution in [3.8, 4) is 11.3 Å². The van der Waals surface area contributed by atoms with E-state index >= 15 is 0 Å². The lowest BCUT2D eigenvalue weighted by Crippen LogP contribution is -2.39. The average molecular weight is 246 g/mol. The molecule has 0 saturated heterocycles. The van der Waals surface area contributed by atoms with Gasteiger partial charge in [-0.15, -0.1) is 0 Å². The van der Waals surface area contributed by atoms with Gasteiger partial charge in [-0.05, 0) is 25.0 Å². The van der Waals surface area contributed by atoms with Crippen molar-refractivity contribution in [1.82, 2.24) is 9.97 Å². The van der Waals surface area contributed by atoms with Gasteiger partial charge < -0.3 is 10.1 Å². The summed E-state index contributed by atoms with van der Waals surface area (Å²) in [5.74, 6) is 0.555. The standard InChI is InChI=1S/C14H15FN2O/c15-11-4-1-3-10(7-11)12-8-16-13(17-12)14(9-18)5-2-6-14/h1,3-4,7-8,18H,2,5-6,9H2,(H,16,17). The van der Waals surface area contributed by atoms with Crippen molar-refractivity contribution in [2.24, 2.45) is 0 Å².